The van der Waals surface area contributed by atoms with E-state index in [9.17, 15) is 18.6 Å². The number of fused-ring (bicyclic) bond motifs is 5. The maximum atomic E-state index is 12.8. The molecule has 4 aliphatic carbocycles. The molecular formula is C32H50O4S. The quantitative estimate of drug-likeness (QED) is 0.422. The van der Waals surface area contributed by atoms with Crippen molar-refractivity contribution in [3.05, 3.63) is 30.3 Å². The number of aliphatic hydroxyl groups is 2. The summed E-state index contributed by atoms with van der Waals surface area (Å²) in [6.07, 6.45) is 9.91. The molecule has 0 bridgehead atoms. The zero-order chi connectivity index (χ0) is 26.6. The predicted octanol–water partition coefficient (Wildman–Crippen LogP) is 6.50. The molecule has 208 valence electrons. The van der Waals surface area contributed by atoms with E-state index in [-0.39, 0.29) is 28.8 Å². The molecule has 0 spiro atoms. The second kappa shape index (κ2) is 10.2. The minimum atomic E-state index is -3.22. The maximum absolute atomic E-state index is 12.8. The SMILES string of the molecule is CC[C@@H]1C2C[C@H](O)CCC2(C)[C@H]2CCC3(C)C([C@H](C)CCCS(=O)(=O)c4ccccc4)CC[C@H]3[C@@H]2[C@@H]1O. The fourth-order valence-corrected chi connectivity index (χ4v) is 11.8. The fourth-order valence-electron chi connectivity index (χ4n) is 10.5. The van der Waals surface area contributed by atoms with Crippen molar-refractivity contribution in [2.24, 2.45) is 52.3 Å². The van der Waals surface area contributed by atoms with Crippen LogP contribution in [0.4, 0.5) is 0 Å². The van der Waals surface area contributed by atoms with Gasteiger partial charge in [0.25, 0.3) is 0 Å². The molecule has 4 saturated carbocycles. The molecule has 0 amide bonds. The second-order valence-electron chi connectivity index (χ2n) is 13.9. The first-order valence-corrected chi connectivity index (χ1v) is 16.8. The third-order valence-corrected chi connectivity index (χ3v) is 14.1. The number of benzene rings is 1. The van der Waals surface area contributed by atoms with Crippen molar-refractivity contribution in [1.29, 1.82) is 0 Å². The summed E-state index contributed by atoms with van der Waals surface area (Å²) in [5, 5.41) is 22.4. The standard InChI is InChI=1S/C32H50O4S/c1-5-24-28-20-22(33)15-17-32(28,4)27-16-18-31(3)25(13-14-26(31)29(27)30(24)34)21(2)10-9-19-37(35,36)23-11-7-6-8-12-23/h6-8,11-12,21-22,24-30,33-34H,5,9-10,13-20H2,1-4H3/t21-,22-,24-,25?,26+,27+,28?,29+,30-,31?,32?/m1/s1. The highest BCUT2D eigenvalue weighted by molar-refractivity contribution is 7.91. The third-order valence-electron chi connectivity index (χ3n) is 12.3. The van der Waals surface area contributed by atoms with Crippen LogP contribution in [0.5, 0.6) is 0 Å². The van der Waals surface area contributed by atoms with Crippen LogP contribution in [-0.2, 0) is 9.84 Å². The molecule has 5 heteroatoms. The van der Waals surface area contributed by atoms with E-state index in [1.54, 1.807) is 24.3 Å². The van der Waals surface area contributed by atoms with E-state index in [2.05, 4.69) is 27.7 Å². The number of hydrogen-bond acceptors (Lipinski definition) is 4. The molecule has 0 radical (unpaired) electrons. The van der Waals surface area contributed by atoms with Gasteiger partial charge in [-0.25, -0.2) is 8.42 Å². The summed E-state index contributed by atoms with van der Waals surface area (Å²) in [6.45, 7) is 9.60. The molecule has 1 aromatic rings. The van der Waals surface area contributed by atoms with E-state index in [4.69, 9.17) is 0 Å². The zero-order valence-electron chi connectivity index (χ0n) is 23.5. The minimum absolute atomic E-state index is 0.202. The summed E-state index contributed by atoms with van der Waals surface area (Å²) in [5.41, 5.74) is 0.468. The Bertz CT molecular complexity index is 1040. The van der Waals surface area contributed by atoms with Gasteiger partial charge < -0.3 is 10.2 Å². The Hall–Kier alpha value is -0.910. The smallest absolute Gasteiger partial charge is 0.178 e. The van der Waals surface area contributed by atoms with Crippen LogP contribution in [0.2, 0.25) is 0 Å². The topological polar surface area (TPSA) is 74.6 Å². The highest BCUT2D eigenvalue weighted by atomic mass is 32.2. The van der Waals surface area contributed by atoms with Crippen LogP contribution in [0, 0.1) is 52.3 Å². The molecule has 4 unspecified atom stereocenters. The molecule has 0 saturated heterocycles. The Kier molecular flexibility index (Phi) is 7.66. The Morgan fingerprint density at radius 3 is 2.32 bits per heavy atom. The van der Waals surface area contributed by atoms with Gasteiger partial charge in [-0.15, -0.1) is 0 Å². The number of sulfone groups is 1. The summed E-state index contributed by atoms with van der Waals surface area (Å²) in [7, 11) is -3.22. The van der Waals surface area contributed by atoms with Gasteiger partial charge in [0.05, 0.1) is 22.9 Å². The highest BCUT2D eigenvalue weighted by Crippen LogP contribution is 2.69. The van der Waals surface area contributed by atoms with Crippen LogP contribution in [0.1, 0.15) is 91.9 Å². The Labute approximate surface area is 225 Å². The number of hydrogen-bond donors (Lipinski definition) is 2. The zero-order valence-corrected chi connectivity index (χ0v) is 24.3. The molecule has 4 aliphatic rings. The van der Waals surface area contributed by atoms with E-state index >= 15 is 0 Å². The number of rotatable bonds is 7. The van der Waals surface area contributed by atoms with Crippen molar-refractivity contribution in [3.63, 3.8) is 0 Å². The largest absolute Gasteiger partial charge is 0.393 e. The lowest BCUT2D eigenvalue weighted by molar-refractivity contribution is -0.203. The molecule has 5 rings (SSSR count). The van der Waals surface area contributed by atoms with Crippen molar-refractivity contribution in [1.82, 2.24) is 0 Å². The molecule has 2 N–H and O–H groups in total. The second-order valence-corrected chi connectivity index (χ2v) is 16.0. The Balaban J connectivity index is 1.30. The van der Waals surface area contributed by atoms with Gasteiger partial charge in [-0.1, -0.05) is 52.3 Å². The van der Waals surface area contributed by atoms with Gasteiger partial charge in [0, 0.05) is 0 Å². The average molecular weight is 531 g/mol. The summed E-state index contributed by atoms with van der Waals surface area (Å²) in [5.74, 6) is 3.54. The van der Waals surface area contributed by atoms with Gasteiger partial charge >= 0.3 is 0 Å². The van der Waals surface area contributed by atoms with Crippen LogP contribution >= 0.6 is 0 Å². The average Bonchev–Trinajstić information content (AvgIpc) is 3.23. The van der Waals surface area contributed by atoms with Crippen LogP contribution in [0.3, 0.4) is 0 Å². The molecule has 1 aromatic carbocycles. The van der Waals surface area contributed by atoms with Gasteiger partial charge in [-0.05, 0) is 122 Å². The fraction of sp³-hybridized carbons (Fsp3) is 0.812. The monoisotopic (exact) mass is 530 g/mol. The van der Waals surface area contributed by atoms with Crippen molar-refractivity contribution in [2.75, 3.05) is 5.75 Å². The summed E-state index contributed by atoms with van der Waals surface area (Å²) < 4.78 is 25.6. The van der Waals surface area contributed by atoms with Crippen LogP contribution in [0.25, 0.3) is 0 Å². The highest BCUT2D eigenvalue weighted by Gasteiger charge is 2.64. The third kappa shape index (κ3) is 4.63. The van der Waals surface area contributed by atoms with E-state index in [0.717, 1.165) is 32.1 Å². The summed E-state index contributed by atoms with van der Waals surface area (Å²) in [6, 6.07) is 8.86. The van der Waals surface area contributed by atoms with Crippen molar-refractivity contribution < 1.29 is 18.6 Å². The van der Waals surface area contributed by atoms with E-state index < -0.39 is 9.84 Å². The molecule has 11 atom stereocenters. The van der Waals surface area contributed by atoms with E-state index in [1.807, 2.05) is 6.07 Å². The first-order chi connectivity index (χ1) is 17.5. The van der Waals surface area contributed by atoms with Gasteiger partial charge in [0.1, 0.15) is 0 Å². The molecule has 0 heterocycles. The first-order valence-electron chi connectivity index (χ1n) is 15.2. The van der Waals surface area contributed by atoms with Crippen LogP contribution < -0.4 is 0 Å². The summed E-state index contributed by atoms with van der Waals surface area (Å²) in [4.78, 5) is 0.438. The molecule has 4 fully saturated rings. The van der Waals surface area contributed by atoms with E-state index in [1.165, 1.54) is 25.7 Å². The lowest BCUT2D eigenvalue weighted by atomic mass is 9.41. The Morgan fingerprint density at radius 2 is 1.62 bits per heavy atom. The van der Waals surface area contributed by atoms with Crippen molar-refractivity contribution in [3.8, 4) is 0 Å². The number of aliphatic hydroxyl groups excluding tert-OH is 2. The van der Waals surface area contributed by atoms with Gasteiger partial charge in [-0.2, -0.15) is 0 Å². The van der Waals surface area contributed by atoms with Crippen LogP contribution in [-0.4, -0.2) is 36.6 Å². The summed E-state index contributed by atoms with van der Waals surface area (Å²) >= 11 is 0. The maximum Gasteiger partial charge on any atom is 0.178 e. The minimum Gasteiger partial charge on any atom is -0.393 e. The van der Waals surface area contributed by atoms with Crippen LogP contribution in [0.15, 0.2) is 35.2 Å². The lowest BCUT2D eigenvalue weighted by Gasteiger charge is -2.64. The van der Waals surface area contributed by atoms with Crippen molar-refractivity contribution >= 4 is 9.84 Å². The normalized spacial score (nSPS) is 44.5. The Morgan fingerprint density at radius 1 is 0.946 bits per heavy atom. The molecule has 0 aliphatic heterocycles. The lowest BCUT2D eigenvalue weighted by Crippen LogP contribution is -2.62. The molecule has 0 aromatic heterocycles. The molecule has 4 nitrogen and oxygen atoms in total. The van der Waals surface area contributed by atoms with Gasteiger partial charge in [0.2, 0.25) is 0 Å². The molecular weight excluding hydrogens is 480 g/mol. The van der Waals surface area contributed by atoms with Crippen molar-refractivity contribution in [2.45, 2.75) is 109 Å². The van der Waals surface area contributed by atoms with Gasteiger partial charge in [-0.3, -0.25) is 0 Å². The van der Waals surface area contributed by atoms with E-state index in [0.29, 0.717) is 52.7 Å². The van der Waals surface area contributed by atoms with Gasteiger partial charge in [0.15, 0.2) is 9.84 Å². The predicted molar refractivity (Wildman–Crippen MR) is 149 cm³/mol. The molecule has 37 heavy (non-hydrogen) atoms. The first kappa shape index (κ1) is 27.6.